The molecule has 0 fully saturated rings. The molecule has 0 radical (unpaired) electrons. The quantitative estimate of drug-likeness (QED) is 0.748. The van der Waals surface area contributed by atoms with Crippen molar-refractivity contribution in [2.24, 2.45) is 5.92 Å². The molecule has 0 saturated heterocycles. The highest BCUT2D eigenvalue weighted by Gasteiger charge is 2.13. The predicted molar refractivity (Wildman–Crippen MR) is 99.1 cm³/mol. The summed E-state index contributed by atoms with van der Waals surface area (Å²) in [6.07, 6.45) is 0. The molecule has 2 rings (SSSR count). The fourth-order valence-corrected chi connectivity index (χ4v) is 2.05. The van der Waals surface area contributed by atoms with Gasteiger partial charge in [-0.2, -0.15) is 0 Å². The van der Waals surface area contributed by atoms with Crippen LogP contribution in [0.15, 0.2) is 48.5 Å². The monoisotopic (exact) mass is 356 g/mol. The van der Waals surface area contributed by atoms with Crippen LogP contribution in [0, 0.1) is 12.8 Å². The average Bonchev–Trinajstić information content (AvgIpc) is 2.64. The fourth-order valence-electron chi connectivity index (χ4n) is 2.05. The van der Waals surface area contributed by atoms with Crippen molar-refractivity contribution >= 4 is 11.8 Å². The molecule has 0 heterocycles. The van der Waals surface area contributed by atoms with Gasteiger partial charge in [0.15, 0.2) is 6.61 Å². The average molecular weight is 356 g/mol. The number of rotatable bonds is 7. The second kappa shape index (κ2) is 9.46. The highest BCUT2D eigenvalue weighted by atomic mass is 16.5. The van der Waals surface area contributed by atoms with Crippen molar-refractivity contribution in [3.05, 3.63) is 59.7 Å². The zero-order valence-corrected chi connectivity index (χ0v) is 15.2. The Labute approximate surface area is 153 Å². The standard InChI is InChI=1S/C20H24N2O4/c1-14(2)12-26-18-7-5-4-6-17(18)20(24)22-21-19(23)13-25-16-10-8-15(3)9-11-16/h4-11,14H,12-13H2,1-3H3,(H,21,23)(H,22,24). The molecule has 0 saturated carbocycles. The molecule has 6 heteroatoms. The van der Waals surface area contributed by atoms with E-state index >= 15 is 0 Å². The van der Waals surface area contributed by atoms with Crippen molar-refractivity contribution in [3.63, 3.8) is 0 Å². The number of amides is 2. The van der Waals surface area contributed by atoms with Crippen LogP contribution in [-0.4, -0.2) is 25.0 Å². The molecule has 26 heavy (non-hydrogen) atoms. The van der Waals surface area contributed by atoms with Gasteiger partial charge >= 0.3 is 0 Å². The van der Waals surface area contributed by atoms with E-state index in [1.807, 2.05) is 32.9 Å². The third-order valence-corrected chi connectivity index (χ3v) is 3.41. The summed E-state index contributed by atoms with van der Waals surface area (Å²) < 4.78 is 11.0. The van der Waals surface area contributed by atoms with Gasteiger partial charge in [0.2, 0.25) is 0 Å². The van der Waals surface area contributed by atoms with E-state index in [0.29, 0.717) is 29.6 Å². The molecule has 0 aliphatic rings. The Hall–Kier alpha value is -3.02. The smallest absolute Gasteiger partial charge is 0.276 e. The number of aryl methyl sites for hydroxylation is 1. The summed E-state index contributed by atoms with van der Waals surface area (Å²) in [5.41, 5.74) is 6.17. The van der Waals surface area contributed by atoms with E-state index in [4.69, 9.17) is 9.47 Å². The summed E-state index contributed by atoms with van der Waals surface area (Å²) in [7, 11) is 0. The zero-order chi connectivity index (χ0) is 18.9. The first kappa shape index (κ1) is 19.3. The Balaban J connectivity index is 1.84. The van der Waals surface area contributed by atoms with Crippen molar-refractivity contribution in [2.75, 3.05) is 13.2 Å². The number of benzene rings is 2. The van der Waals surface area contributed by atoms with Gasteiger partial charge in [0, 0.05) is 0 Å². The van der Waals surface area contributed by atoms with Crippen LogP contribution in [0.25, 0.3) is 0 Å². The highest BCUT2D eigenvalue weighted by molar-refractivity contribution is 5.97. The predicted octanol–water partition coefficient (Wildman–Crippen LogP) is 2.87. The maximum atomic E-state index is 12.3. The van der Waals surface area contributed by atoms with Gasteiger partial charge in [-0.3, -0.25) is 20.4 Å². The van der Waals surface area contributed by atoms with Crippen LogP contribution in [0.3, 0.4) is 0 Å². The highest BCUT2D eigenvalue weighted by Crippen LogP contribution is 2.18. The number of para-hydroxylation sites is 1. The minimum atomic E-state index is -0.459. The lowest BCUT2D eigenvalue weighted by Crippen LogP contribution is -2.43. The Kier molecular flexibility index (Phi) is 7.02. The van der Waals surface area contributed by atoms with Crippen LogP contribution in [-0.2, 0) is 4.79 Å². The second-order valence-corrected chi connectivity index (χ2v) is 6.31. The van der Waals surface area contributed by atoms with Crippen LogP contribution in [0.2, 0.25) is 0 Å². The minimum Gasteiger partial charge on any atom is -0.492 e. The van der Waals surface area contributed by atoms with Crippen LogP contribution in [0.5, 0.6) is 11.5 Å². The van der Waals surface area contributed by atoms with E-state index in [2.05, 4.69) is 10.9 Å². The minimum absolute atomic E-state index is 0.200. The van der Waals surface area contributed by atoms with Gasteiger partial charge in [-0.15, -0.1) is 0 Å². The number of carbonyl (C=O) groups excluding carboxylic acids is 2. The van der Waals surface area contributed by atoms with Gasteiger partial charge in [0.05, 0.1) is 12.2 Å². The molecule has 0 unspecified atom stereocenters. The lowest BCUT2D eigenvalue weighted by atomic mass is 10.2. The maximum absolute atomic E-state index is 12.3. The van der Waals surface area contributed by atoms with Crippen molar-refractivity contribution < 1.29 is 19.1 Å². The summed E-state index contributed by atoms with van der Waals surface area (Å²) in [5, 5.41) is 0. The Morgan fingerprint density at radius 2 is 1.65 bits per heavy atom. The first-order valence-electron chi connectivity index (χ1n) is 8.46. The Morgan fingerprint density at radius 1 is 0.962 bits per heavy atom. The van der Waals surface area contributed by atoms with Crippen LogP contribution < -0.4 is 20.3 Å². The van der Waals surface area contributed by atoms with Crippen molar-refractivity contribution in [1.82, 2.24) is 10.9 Å². The molecule has 2 aromatic carbocycles. The molecule has 0 bridgehead atoms. The van der Waals surface area contributed by atoms with Gasteiger partial charge < -0.3 is 9.47 Å². The van der Waals surface area contributed by atoms with Crippen molar-refractivity contribution in [2.45, 2.75) is 20.8 Å². The number of hydrogen-bond acceptors (Lipinski definition) is 4. The fraction of sp³-hybridized carbons (Fsp3) is 0.300. The summed E-state index contributed by atoms with van der Waals surface area (Å²) in [6, 6.07) is 14.2. The third-order valence-electron chi connectivity index (χ3n) is 3.41. The van der Waals surface area contributed by atoms with E-state index in [1.54, 1.807) is 36.4 Å². The lowest BCUT2D eigenvalue weighted by Gasteiger charge is -2.13. The number of ether oxygens (including phenoxy) is 2. The van der Waals surface area contributed by atoms with Crippen molar-refractivity contribution in [1.29, 1.82) is 0 Å². The largest absolute Gasteiger partial charge is 0.492 e. The van der Waals surface area contributed by atoms with Crippen LogP contribution >= 0.6 is 0 Å². The molecule has 138 valence electrons. The third kappa shape index (κ3) is 6.12. The van der Waals surface area contributed by atoms with Gasteiger partial charge in [-0.1, -0.05) is 43.7 Å². The van der Waals surface area contributed by atoms with Gasteiger partial charge in [-0.25, -0.2) is 0 Å². The molecule has 0 aliphatic heterocycles. The van der Waals surface area contributed by atoms with E-state index in [1.165, 1.54) is 0 Å². The molecule has 0 atom stereocenters. The van der Waals surface area contributed by atoms with E-state index < -0.39 is 11.8 Å². The maximum Gasteiger partial charge on any atom is 0.276 e. The molecule has 0 spiro atoms. The number of hydrazine groups is 1. The molecular weight excluding hydrogens is 332 g/mol. The number of carbonyl (C=O) groups is 2. The number of hydrogen-bond donors (Lipinski definition) is 2. The molecule has 0 aromatic heterocycles. The van der Waals surface area contributed by atoms with E-state index in [9.17, 15) is 9.59 Å². The zero-order valence-electron chi connectivity index (χ0n) is 15.2. The molecule has 6 nitrogen and oxygen atoms in total. The summed E-state index contributed by atoms with van der Waals surface area (Å²) in [4.78, 5) is 24.1. The van der Waals surface area contributed by atoms with E-state index in [0.717, 1.165) is 5.56 Å². The first-order valence-corrected chi connectivity index (χ1v) is 8.46. The molecule has 2 amide bonds. The summed E-state index contributed by atoms with van der Waals surface area (Å²) in [6.45, 7) is 6.32. The van der Waals surface area contributed by atoms with Gasteiger partial charge in [0.25, 0.3) is 11.8 Å². The normalized spacial score (nSPS) is 10.3. The first-order chi connectivity index (χ1) is 12.5. The molecule has 0 aliphatic carbocycles. The molecular formula is C20H24N2O4. The number of nitrogens with one attached hydrogen (secondary N) is 2. The summed E-state index contributed by atoms with van der Waals surface area (Å²) >= 11 is 0. The Morgan fingerprint density at radius 3 is 2.35 bits per heavy atom. The van der Waals surface area contributed by atoms with E-state index in [-0.39, 0.29) is 6.61 Å². The molecule has 2 aromatic rings. The summed E-state index contributed by atoms with van der Waals surface area (Å²) in [5.74, 6) is 0.491. The van der Waals surface area contributed by atoms with Crippen LogP contribution in [0.1, 0.15) is 29.8 Å². The van der Waals surface area contributed by atoms with Crippen LogP contribution in [0.4, 0.5) is 0 Å². The lowest BCUT2D eigenvalue weighted by molar-refractivity contribution is -0.123. The SMILES string of the molecule is Cc1ccc(OCC(=O)NNC(=O)c2ccccc2OCC(C)C)cc1. The van der Waals surface area contributed by atoms with Gasteiger partial charge in [-0.05, 0) is 37.1 Å². The van der Waals surface area contributed by atoms with Gasteiger partial charge in [0.1, 0.15) is 11.5 Å². The Bertz CT molecular complexity index is 742. The molecule has 2 N–H and O–H groups in total. The second-order valence-electron chi connectivity index (χ2n) is 6.31. The van der Waals surface area contributed by atoms with Crippen molar-refractivity contribution in [3.8, 4) is 11.5 Å². The topological polar surface area (TPSA) is 76.7 Å².